The van der Waals surface area contributed by atoms with Gasteiger partial charge in [0.15, 0.2) is 0 Å². The van der Waals surface area contributed by atoms with Gasteiger partial charge in [0.05, 0.1) is 12.5 Å². The molecule has 0 radical (unpaired) electrons. The number of primary amides is 1. The highest BCUT2D eigenvalue weighted by atomic mass is 16.3. The molecule has 1 fully saturated rings. The molecule has 1 aliphatic rings. The first-order valence-corrected chi connectivity index (χ1v) is 10.8. The Bertz CT molecular complexity index is 703. The number of pyridine rings is 1. The van der Waals surface area contributed by atoms with Crippen LogP contribution in [-0.4, -0.2) is 52.0 Å². The molecule has 0 aromatic carbocycles. The second-order valence-electron chi connectivity index (χ2n) is 8.75. The smallest absolute Gasteiger partial charge is 0.241 e. The molecule has 1 heterocycles. The lowest BCUT2D eigenvalue weighted by Crippen LogP contribution is -2.67. The van der Waals surface area contributed by atoms with Gasteiger partial charge < -0.3 is 21.9 Å². The number of nitrogens with one attached hydrogen (secondary N) is 1. The number of carbonyl (C=O) groups excluding carboxylic acids is 2. The molecule has 168 valence electrons. The second-order valence-corrected chi connectivity index (χ2v) is 8.75. The van der Waals surface area contributed by atoms with Crippen molar-refractivity contribution in [3.63, 3.8) is 0 Å². The molecule has 0 spiro atoms. The van der Waals surface area contributed by atoms with Crippen LogP contribution in [0.2, 0.25) is 0 Å². The zero-order valence-electron chi connectivity index (χ0n) is 18.4. The van der Waals surface area contributed by atoms with Crippen LogP contribution in [0.25, 0.3) is 0 Å². The van der Waals surface area contributed by atoms with Gasteiger partial charge in [0, 0.05) is 18.8 Å². The maximum absolute atomic E-state index is 13.4. The quantitative estimate of drug-likeness (QED) is 0.453. The first kappa shape index (κ1) is 24.1. The van der Waals surface area contributed by atoms with Crippen LogP contribution in [0.5, 0.6) is 0 Å². The zero-order valence-corrected chi connectivity index (χ0v) is 18.4. The summed E-state index contributed by atoms with van der Waals surface area (Å²) in [5, 5.41) is 13.3. The number of nitrogens with two attached hydrogens (primary N) is 2. The lowest BCUT2D eigenvalue weighted by atomic mass is 9.72. The van der Waals surface area contributed by atoms with Gasteiger partial charge in [-0.2, -0.15) is 0 Å². The van der Waals surface area contributed by atoms with E-state index in [1.807, 2.05) is 13.8 Å². The van der Waals surface area contributed by atoms with Crippen LogP contribution in [0.15, 0.2) is 18.3 Å². The third-order valence-electron chi connectivity index (χ3n) is 6.57. The van der Waals surface area contributed by atoms with Crippen LogP contribution >= 0.6 is 0 Å². The number of likely N-dealkylation sites (N-methyl/N-ethyl adjacent to an activating group) is 1. The third kappa shape index (κ3) is 5.49. The Labute approximate surface area is 179 Å². The van der Waals surface area contributed by atoms with Gasteiger partial charge >= 0.3 is 0 Å². The van der Waals surface area contributed by atoms with Crippen molar-refractivity contribution < 1.29 is 14.7 Å². The first-order valence-electron chi connectivity index (χ1n) is 10.8. The van der Waals surface area contributed by atoms with E-state index in [-0.39, 0.29) is 18.5 Å². The predicted molar refractivity (Wildman–Crippen MR) is 117 cm³/mol. The number of hydrogen-bond donors (Lipinski definition) is 4. The monoisotopic (exact) mass is 419 g/mol. The Morgan fingerprint density at radius 3 is 2.47 bits per heavy atom. The topological polar surface area (TPSA) is 135 Å². The summed E-state index contributed by atoms with van der Waals surface area (Å²) >= 11 is 0. The largest absolute Gasteiger partial charge is 0.394 e. The van der Waals surface area contributed by atoms with Gasteiger partial charge in [0.1, 0.15) is 11.4 Å². The second kappa shape index (κ2) is 10.7. The minimum absolute atomic E-state index is 0.0763. The normalized spacial score (nSPS) is 18.2. The molecular formula is C22H37N5O3. The highest BCUT2D eigenvalue weighted by molar-refractivity contribution is 5.93. The summed E-state index contributed by atoms with van der Waals surface area (Å²) in [4.78, 5) is 31.9. The highest BCUT2D eigenvalue weighted by Crippen LogP contribution is 2.36. The van der Waals surface area contributed by atoms with Gasteiger partial charge in [-0.1, -0.05) is 38.2 Å². The summed E-state index contributed by atoms with van der Waals surface area (Å²) < 4.78 is 0. The van der Waals surface area contributed by atoms with Crippen molar-refractivity contribution in [1.29, 1.82) is 0 Å². The molecular weight excluding hydrogens is 382 g/mol. The number of aliphatic hydroxyl groups excluding tert-OH is 1. The van der Waals surface area contributed by atoms with Gasteiger partial charge in [0.25, 0.3) is 0 Å². The van der Waals surface area contributed by atoms with Crippen molar-refractivity contribution in [2.24, 2.45) is 17.6 Å². The van der Waals surface area contributed by atoms with Gasteiger partial charge in [-0.25, -0.2) is 4.98 Å². The van der Waals surface area contributed by atoms with Crippen LogP contribution in [0.4, 0.5) is 5.82 Å². The van der Waals surface area contributed by atoms with Crippen molar-refractivity contribution in [1.82, 2.24) is 15.2 Å². The Kier molecular flexibility index (Phi) is 8.61. The number of hydrogen-bond acceptors (Lipinski definition) is 6. The maximum Gasteiger partial charge on any atom is 0.241 e. The van der Waals surface area contributed by atoms with E-state index in [4.69, 9.17) is 11.5 Å². The Morgan fingerprint density at radius 2 is 1.97 bits per heavy atom. The number of nitrogens with zero attached hydrogens (tertiary/aromatic N) is 2. The number of nitrogen functional groups attached to an aromatic ring is 1. The SMILES string of the molecule is CC(C)N(C)C(CO)(C(N)=O)[C@H](CC1CCCCC1)C(=O)NCc1ccc(N)nc1. The fourth-order valence-corrected chi connectivity index (χ4v) is 4.48. The molecule has 30 heavy (non-hydrogen) atoms. The number of carbonyl (C=O) groups is 2. The fraction of sp³-hybridized carbons (Fsp3) is 0.682. The van der Waals surface area contributed by atoms with E-state index in [1.54, 1.807) is 30.3 Å². The maximum atomic E-state index is 13.4. The van der Waals surface area contributed by atoms with Crippen molar-refractivity contribution in [2.75, 3.05) is 19.4 Å². The lowest BCUT2D eigenvalue weighted by molar-refractivity contribution is -0.149. The molecule has 2 atom stereocenters. The van der Waals surface area contributed by atoms with Crippen molar-refractivity contribution in [3.8, 4) is 0 Å². The standard InChI is InChI=1S/C22H37N5O3/c1-15(2)27(3)22(14-28,21(24)30)18(11-16-7-5-4-6-8-16)20(29)26-13-17-9-10-19(23)25-12-17/h9-10,12,15-16,18,28H,4-8,11,13-14H2,1-3H3,(H2,23,25)(H2,24,30)(H,26,29)/t18-,22?/m1/s1. The molecule has 1 aromatic rings. The molecule has 8 heteroatoms. The van der Waals surface area contributed by atoms with E-state index >= 15 is 0 Å². The molecule has 2 rings (SSSR count). The zero-order chi connectivity index (χ0) is 22.3. The van der Waals surface area contributed by atoms with Crippen LogP contribution in [0, 0.1) is 11.8 Å². The number of aliphatic hydroxyl groups is 1. The number of anilines is 1. The van der Waals surface area contributed by atoms with E-state index in [1.165, 1.54) is 6.42 Å². The summed E-state index contributed by atoms with van der Waals surface area (Å²) in [6, 6.07) is 3.40. The fourth-order valence-electron chi connectivity index (χ4n) is 4.48. The summed E-state index contributed by atoms with van der Waals surface area (Å²) in [5.41, 5.74) is 10.8. The minimum atomic E-state index is -1.46. The van der Waals surface area contributed by atoms with E-state index in [0.29, 0.717) is 18.2 Å². The van der Waals surface area contributed by atoms with Crippen LogP contribution in [0.1, 0.15) is 57.9 Å². The third-order valence-corrected chi connectivity index (χ3v) is 6.57. The van der Waals surface area contributed by atoms with Gasteiger partial charge in [-0.15, -0.1) is 0 Å². The molecule has 1 aromatic heterocycles. The lowest BCUT2D eigenvalue weighted by Gasteiger charge is -2.46. The number of amides is 2. The molecule has 0 aliphatic heterocycles. The molecule has 0 saturated heterocycles. The predicted octanol–water partition coefficient (Wildman–Crippen LogP) is 1.42. The first-order chi connectivity index (χ1) is 14.2. The van der Waals surface area contributed by atoms with E-state index < -0.39 is 24.0 Å². The average molecular weight is 420 g/mol. The minimum Gasteiger partial charge on any atom is -0.394 e. The van der Waals surface area contributed by atoms with Crippen LogP contribution < -0.4 is 16.8 Å². The average Bonchev–Trinajstić information content (AvgIpc) is 2.73. The van der Waals surface area contributed by atoms with Crippen molar-refractivity contribution >= 4 is 17.6 Å². The summed E-state index contributed by atoms with van der Waals surface area (Å²) in [7, 11) is 1.75. The number of rotatable bonds is 10. The van der Waals surface area contributed by atoms with Gasteiger partial charge in [-0.3, -0.25) is 14.5 Å². The number of aromatic nitrogens is 1. The molecule has 0 bridgehead atoms. The van der Waals surface area contributed by atoms with E-state index in [2.05, 4.69) is 10.3 Å². The Hall–Kier alpha value is -2.19. The summed E-state index contributed by atoms with van der Waals surface area (Å²) in [6.45, 7) is 3.59. The molecule has 2 amide bonds. The molecule has 1 unspecified atom stereocenters. The Morgan fingerprint density at radius 1 is 1.30 bits per heavy atom. The van der Waals surface area contributed by atoms with E-state index in [9.17, 15) is 14.7 Å². The molecule has 1 saturated carbocycles. The highest BCUT2D eigenvalue weighted by Gasteiger charge is 2.52. The van der Waals surface area contributed by atoms with Gasteiger partial charge in [-0.05, 0) is 44.9 Å². The van der Waals surface area contributed by atoms with Crippen molar-refractivity contribution in [3.05, 3.63) is 23.9 Å². The molecule has 1 aliphatic carbocycles. The van der Waals surface area contributed by atoms with Gasteiger partial charge in [0.2, 0.25) is 11.8 Å². The summed E-state index contributed by atoms with van der Waals surface area (Å²) in [6.07, 6.45) is 7.63. The van der Waals surface area contributed by atoms with Crippen LogP contribution in [-0.2, 0) is 16.1 Å². The molecule has 6 N–H and O–H groups in total. The van der Waals surface area contributed by atoms with E-state index in [0.717, 1.165) is 31.2 Å². The van der Waals surface area contributed by atoms with Crippen molar-refractivity contribution in [2.45, 2.75) is 70.5 Å². The molecule has 8 nitrogen and oxygen atoms in total. The van der Waals surface area contributed by atoms with Crippen LogP contribution in [0.3, 0.4) is 0 Å². The summed E-state index contributed by atoms with van der Waals surface area (Å²) in [5.74, 6) is -0.966. The Balaban J connectivity index is 2.31.